The Morgan fingerprint density at radius 3 is 2.73 bits per heavy atom. The van der Waals surface area contributed by atoms with Gasteiger partial charge in [0.25, 0.3) is 0 Å². The Morgan fingerprint density at radius 2 is 2.00 bits per heavy atom. The van der Waals surface area contributed by atoms with E-state index in [0.717, 1.165) is 38.3 Å². The number of fused-ring (bicyclic) bond motifs is 1. The van der Waals surface area contributed by atoms with Gasteiger partial charge in [0.1, 0.15) is 5.78 Å². The van der Waals surface area contributed by atoms with Crippen LogP contribution in [-0.2, 0) is 16.0 Å². The van der Waals surface area contributed by atoms with Gasteiger partial charge in [0.15, 0.2) is 0 Å². The second kappa shape index (κ2) is 6.48. The highest BCUT2D eigenvalue weighted by Gasteiger charge is 2.25. The van der Waals surface area contributed by atoms with Crippen LogP contribution >= 0.6 is 0 Å². The van der Waals surface area contributed by atoms with Crippen molar-refractivity contribution in [1.29, 1.82) is 0 Å². The average Bonchev–Trinajstić information content (AvgIpc) is 2.54. The molecule has 1 fully saturated rings. The number of amides is 1. The molecule has 2 heterocycles. The first kappa shape index (κ1) is 15.0. The largest absolute Gasteiger partial charge is 0.369 e. The fourth-order valence-corrected chi connectivity index (χ4v) is 3.18. The molecule has 0 aromatic heterocycles. The second-order valence-electron chi connectivity index (χ2n) is 6.05. The van der Waals surface area contributed by atoms with E-state index in [1.54, 1.807) is 11.8 Å². The van der Waals surface area contributed by atoms with Crippen molar-refractivity contribution in [2.75, 3.05) is 42.5 Å². The first-order valence-electron chi connectivity index (χ1n) is 8.03. The monoisotopic (exact) mass is 301 g/mol. The zero-order valence-electron chi connectivity index (χ0n) is 13.1. The minimum Gasteiger partial charge on any atom is -0.369 e. The Bertz CT molecular complexity index is 579. The van der Waals surface area contributed by atoms with Gasteiger partial charge in [-0.1, -0.05) is 0 Å². The quantitative estimate of drug-likeness (QED) is 0.912. The van der Waals surface area contributed by atoms with Crippen molar-refractivity contribution in [3.63, 3.8) is 0 Å². The lowest BCUT2D eigenvalue weighted by molar-refractivity contribution is -0.119. The van der Waals surface area contributed by atoms with Crippen molar-refractivity contribution in [3.05, 3.63) is 23.8 Å². The van der Waals surface area contributed by atoms with Gasteiger partial charge in [0.2, 0.25) is 5.91 Å². The highest BCUT2D eigenvalue weighted by Crippen LogP contribution is 2.31. The van der Waals surface area contributed by atoms with Crippen LogP contribution in [0.3, 0.4) is 0 Å². The normalized spacial score (nSPS) is 18.3. The number of hydrogen-bond donors (Lipinski definition) is 1. The fourth-order valence-electron chi connectivity index (χ4n) is 3.18. The molecule has 2 aliphatic rings. The van der Waals surface area contributed by atoms with E-state index in [4.69, 9.17) is 0 Å². The van der Waals surface area contributed by atoms with Crippen molar-refractivity contribution < 1.29 is 9.59 Å². The van der Waals surface area contributed by atoms with Gasteiger partial charge in [-0.3, -0.25) is 9.59 Å². The van der Waals surface area contributed by atoms with E-state index in [0.29, 0.717) is 19.4 Å². The number of ketones is 1. The van der Waals surface area contributed by atoms with Crippen molar-refractivity contribution in [2.24, 2.45) is 0 Å². The SMILES string of the molecule is CC(=O)CCN1C(=O)CCc2cc(N3CCNCC3)ccc21. The van der Waals surface area contributed by atoms with Crippen molar-refractivity contribution in [2.45, 2.75) is 26.2 Å². The maximum absolute atomic E-state index is 12.2. The van der Waals surface area contributed by atoms with E-state index >= 15 is 0 Å². The summed E-state index contributed by atoms with van der Waals surface area (Å²) < 4.78 is 0. The van der Waals surface area contributed by atoms with Crippen LogP contribution < -0.4 is 15.1 Å². The highest BCUT2D eigenvalue weighted by atomic mass is 16.2. The third-order valence-electron chi connectivity index (χ3n) is 4.43. The molecule has 0 saturated carbocycles. The Balaban J connectivity index is 1.82. The molecule has 0 atom stereocenters. The van der Waals surface area contributed by atoms with Gasteiger partial charge in [-0.15, -0.1) is 0 Å². The number of aryl methyl sites for hydroxylation is 1. The summed E-state index contributed by atoms with van der Waals surface area (Å²) in [6, 6.07) is 6.36. The summed E-state index contributed by atoms with van der Waals surface area (Å²) in [5.41, 5.74) is 3.44. The number of Topliss-reactive ketones (excluding diaryl/α,β-unsaturated/α-hetero) is 1. The van der Waals surface area contributed by atoms with Crippen molar-refractivity contribution >= 4 is 23.1 Å². The molecule has 1 N–H and O–H groups in total. The van der Waals surface area contributed by atoms with Crippen LogP contribution in [0.1, 0.15) is 25.3 Å². The molecule has 0 unspecified atom stereocenters. The van der Waals surface area contributed by atoms with Crippen LogP contribution in [0.15, 0.2) is 18.2 Å². The minimum absolute atomic E-state index is 0.123. The topological polar surface area (TPSA) is 52.7 Å². The Morgan fingerprint density at radius 1 is 1.23 bits per heavy atom. The number of nitrogens with zero attached hydrogens (tertiary/aromatic N) is 2. The molecule has 0 aliphatic carbocycles. The number of piperazine rings is 1. The number of carbonyl (C=O) groups excluding carboxylic acids is 2. The molecule has 1 saturated heterocycles. The number of anilines is 2. The molecule has 5 heteroatoms. The number of carbonyl (C=O) groups is 2. The summed E-state index contributed by atoms with van der Waals surface area (Å²) >= 11 is 0. The van der Waals surface area contributed by atoms with Crippen LogP contribution in [-0.4, -0.2) is 44.4 Å². The van der Waals surface area contributed by atoms with E-state index < -0.39 is 0 Å². The molecule has 0 radical (unpaired) electrons. The molecule has 3 rings (SSSR count). The van der Waals surface area contributed by atoms with Crippen LogP contribution in [0.25, 0.3) is 0 Å². The molecule has 1 amide bonds. The predicted octanol–water partition coefficient (Wildman–Crippen LogP) is 1.35. The lowest BCUT2D eigenvalue weighted by Gasteiger charge is -2.33. The van der Waals surface area contributed by atoms with Gasteiger partial charge < -0.3 is 15.1 Å². The summed E-state index contributed by atoms with van der Waals surface area (Å²) in [6.45, 7) is 6.13. The fraction of sp³-hybridized carbons (Fsp3) is 0.529. The maximum Gasteiger partial charge on any atom is 0.227 e. The van der Waals surface area contributed by atoms with E-state index in [-0.39, 0.29) is 11.7 Å². The second-order valence-corrected chi connectivity index (χ2v) is 6.05. The van der Waals surface area contributed by atoms with E-state index in [1.165, 1.54) is 11.3 Å². The van der Waals surface area contributed by atoms with Crippen LogP contribution in [0.2, 0.25) is 0 Å². The minimum atomic E-state index is 0.123. The van der Waals surface area contributed by atoms with Crippen LogP contribution in [0.4, 0.5) is 11.4 Å². The first-order chi connectivity index (χ1) is 10.6. The number of benzene rings is 1. The van der Waals surface area contributed by atoms with Gasteiger partial charge in [-0.05, 0) is 37.1 Å². The molecule has 22 heavy (non-hydrogen) atoms. The van der Waals surface area contributed by atoms with Gasteiger partial charge in [-0.25, -0.2) is 0 Å². The third kappa shape index (κ3) is 3.14. The summed E-state index contributed by atoms with van der Waals surface area (Å²) in [5, 5.41) is 3.36. The van der Waals surface area contributed by atoms with Crippen LogP contribution in [0, 0.1) is 0 Å². The van der Waals surface area contributed by atoms with Gasteiger partial charge in [0.05, 0.1) is 0 Å². The number of nitrogens with one attached hydrogen (secondary N) is 1. The summed E-state index contributed by atoms with van der Waals surface area (Å²) in [4.78, 5) is 27.5. The van der Waals surface area contributed by atoms with E-state index in [2.05, 4.69) is 22.3 Å². The average molecular weight is 301 g/mol. The third-order valence-corrected chi connectivity index (χ3v) is 4.43. The van der Waals surface area contributed by atoms with Gasteiger partial charge >= 0.3 is 0 Å². The number of rotatable bonds is 4. The summed E-state index contributed by atoms with van der Waals surface area (Å²) in [7, 11) is 0. The lowest BCUT2D eigenvalue weighted by Crippen LogP contribution is -2.43. The zero-order chi connectivity index (χ0) is 15.5. The van der Waals surface area contributed by atoms with Gasteiger partial charge in [0, 0.05) is 56.9 Å². The van der Waals surface area contributed by atoms with E-state index in [1.807, 2.05) is 6.07 Å². The molecule has 118 valence electrons. The zero-order valence-corrected chi connectivity index (χ0v) is 13.1. The summed E-state index contributed by atoms with van der Waals surface area (Å²) in [6.07, 6.45) is 1.76. The van der Waals surface area contributed by atoms with Gasteiger partial charge in [-0.2, -0.15) is 0 Å². The Hall–Kier alpha value is -1.88. The van der Waals surface area contributed by atoms with Crippen molar-refractivity contribution in [1.82, 2.24) is 5.32 Å². The molecule has 1 aromatic rings. The standard InChI is InChI=1S/C17H23N3O2/c1-13(21)6-9-20-16-4-3-15(19-10-7-18-8-11-19)12-14(16)2-5-17(20)22/h3-4,12,18H,2,5-11H2,1H3. The molecule has 1 aromatic carbocycles. The predicted molar refractivity (Wildman–Crippen MR) is 87.5 cm³/mol. The Labute approximate surface area is 131 Å². The molecule has 5 nitrogen and oxygen atoms in total. The highest BCUT2D eigenvalue weighted by molar-refractivity contribution is 5.97. The molecular weight excluding hydrogens is 278 g/mol. The lowest BCUT2D eigenvalue weighted by atomic mass is 9.99. The number of hydrogen-bond acceptors (Lipinski definition) is 4. The maximum atomic E-state index is 12.2. The summed E-state index contributed by atoms with van der Waals surface area (Å²) in [5.74, 6) is 0.251. The van der Waals surface area contributed by atoms with Crippen molar-refractivity contribution in [3.8, 4) is 0 Å². The molecule has 2 aliphatic heterocycles. The van der Waals surface area contributed by atoms with E-state index in [9.17, 15) is 9.59 Å². The van der Waals surface area contributed by atoms with Crippen LogP contribution in [0.5, 0.6) is 0 Å². The molecular formula is C17H23N3O2. The molecule has 0 spiro atoms. The Kier molecular flexibility index (Phi) is 4.43. The smallest absolute Gasteiger partial charge is 0.227 e. The molecule has 0 bridgehead atoms. The first-order valence-corrected chi connectivity index (χ1v) is 8.03.